The maximum Gasteiger partial charge on any atom is 0.276 e. The summed E-state index contributed by atoms with van der Waals surface area (Å²) in [7, 11) is 0. The number of nitrogens with one attached hydrogen (secondary N) is 1. The molecule has 0 aliphatic rings. The van der Waals surface area contributed by atoms with Crippen LogP contribution in [0.1, 0.15) is 21.6 Å². The minimum Gasteiger partial charge on any atom is -0.319 e. The van der Waals surface area contributed by atoms with E-state index in [1.54, 1.807) is 18.2 Å². The second-order valence-electron chi connectivity index (χ2n) is 5.64. The largest absolute Gasteiger partial charge is 0.319 e. The number of thioether (sulfide) groups is 1. The molecule has 1 heterocycles. The van der Waals surface area contributed by atoms with Crippen LogP contribution in [0.4, 0.5) is 5.69 Å². The summed E-state index contributed by atoms with van der Waals surface area (Å²) in [6.45, 7) is 2.05. The number of aromatic nitrogens is 2. The smallest absolute Gasteiger partial charge is 0.276 e. The third-order valence-electron chi connectivity index (χ3n) is 3.73. The van der Waals surface area contributed by atoms with Gasteiger partial charge in [-0.2, -0.15) is 0 Å². The third kappa shape index (κ3) is 5.14. The highest BCUT2D eigenvalue weighted by Gasteiger charge is 2.16. The summed E-state index contributed by atoms with van der Waals surface area (Å²) in [6, 6.07) is 12.9. The summed E-state index contributed by atoms with van der Waals surface area (Å²) in [5.74, 6) is 0.225. The van der Waals surface area contributed by atoms with Gasteiger partial charge in [-0.25, -0.2) is 9.97 Å². The van der Waals surface area contributed by atoms with Crippen molar-refractivity contribution < 1.29 is 4.79 Å². The van der Waals surface area contributed by atoms with Gasteiger partial charge in [-0.1, -0.05) is 70.8 Å². The Hall–Kier alpha value is -1.79. The quantitative estimate of drug-likeness (QED) is 0.376. The van der Waals surface area contributed by atoms with Gasteiger partial charge in [-0.3, -0.25) is 4.79 Å². The molecule has 2 aromatic carbocycles. The van der Waals surface area contributed by atoms with Crippen molar-refractivity contribution in [2.24, 2.45) is 0 Å². The molecule has 0 bridgehead atoms. The van der Waals surface area contributed by atoms with Gasteiger partial charge in [0.05, 0.1) is 21.9 Å². The summed E-state index contributed by atoms with van der Waals surface area (Å²) in [6.07, 6.45) is 1.42. The maximum atomic E-state index is 12.6. The van der Waals surface area contributed by atoms with Crippen LogP contribution >= 0.6 is 46.6 Å². The zero-order valence-electron chi connectivity index (χ0n) is 14.2. The first-order chi connectivity index (χ1) is 12.9. The lowest BCUT2D eigenvalue weighted by atomic mass is 10.1. The first kappa shape index (κ1) is 20.0. The summed E-state index contributed by atoms with van der Waals surface area (Å²) >= 11 is 19.5. The molecule has 1 aromatic heterocycles. The van der Waals surface area contributed by atoms with Crippen molar-refractivity contribution >= 4 is 58.2 Å². The van der Waals surface area contributed by atoms with Crippen LogP contribution in [0.2, 0.25) is 15.1 Å². The van der Waals surface area contributed by atoms with Crippen LogP contribution < -0.4 is 5.32 Å². The van der Waals surface area contributed by atoms with E-state index in [1.807, 2.05) is 25.1 Å². The molecular formula is C19H14Cl3N3OS. The average molecular weight is 439 g/mol. The lowest BCUT2D eigenvalue weighted by Crippen LogP contribution is -2.15. The number of carbonyl (C=O) groups is 1. The van der Waals surface area contributed by atoms with E-state index in [4.69, 9.17) is 34.8 Å². The molecule has 0 atom stereocenters. The Kier molecular flexibility index (Phi) is 6.60. The van der Waals surface area contributed by atoms with Crippen LogP contribution in [-0.2, 0) is 5.75 Å². The minimum atomic E-state index is -0.468. The van der Waals surface area contributed by atoms with Gasteiger partial charge in [0.2, 0.25) is 0 Å². The van der Waals surface area contributed by atoms with Crippen molar-refractivity contribution in [3.05, 3.63) is 80.6 Å². The Morgan fingerprint density at radius 3 is 2.63 bits per heavy atom. The van der Waals surface area contributed by atoms with E-state index in [9.17, 15) is 4.79 Å². The number of amides is 1. The van der Waals surface area contributed by atoms with Crippen molar-refractivity contribution in [1.29, 1.82) is 0 Å². The van der Waals surface area contributed by atoms with Crippen molar-refractivity contribution in [3.8, 4) is 0 Å². The van der Waals surface area contributed by atoms with Gasteiger partial charge in [-0.05, 0) is 36.2 Å². The van der Waals surface area contributed by atoms with E-state index >= 15 is 0 Å². The molecule has 1 N–H and O–H groups in total. The lowest BCUT2D eigenvalue weighted by Gasteiger charge is -2.09. The van der Waals surface area contributed by atoms with Gasteiger partial charge in [0.1, 0.15) is 0 Å². The number of nitrogens with zero attached hydrogens (tertiary/aromatic N) is 2. The molecule has 8 heteroatoms. The first-order valence-corrected chi connectivity index (χ1v) is 10.0. The van der Waals surface area contributed by atoms with Crippen LogP contribution in [0.15, 0.2) is 53.8 Å². The van der Waals surface area contributed by atoms with Crippen LogP contribution in [0, 0.1) is 6.92 Å². The molecule has 0 fully saturated rings. The molecule has 3 aromatic rings. The van der Waals surface area contributed by atoms with Gasteiger partial charge < -0.3 is 5.32 Å². The molecule has 0 spiro atoms. The summed E-state index contributed by atoms with van der Waals surface area (Å²) in [4.78, 5) is 21.1. The van der Waals surface area contributed by atoms with Crippen molar-refractivity contribution in [2.75, 3.05) is 5.32 Å². The predicted molar refractivity (Wildman–Crippen MR) is 112 cm³/mol. The molecule has 0 saturated carbocycles. The van der Waals surface area contributed by atoms with Crippen LogP contribution in [0.3, 0.4) is 0 Å². The molecule has 27 heavy (non-hydrogen) atoms. The second kappa shape index (κ2) is 8.93. The minimum absolute atomic E-state index is 0.0879. The molecule has 4 nitrogen and oxygen atoms in total. The number of hydrogen-bond acceptors (Lipinski definition) is 4. The summed E-state index contributed by atoms with van der Waals surface area (Å²) in [5, 5.41) is 4.13. The van der Waals surface area contributed by atoms with Crippen molar-refractivity contribution in [2.45, 2.75) is 17.8 Å². The molecule has 0 aliphatic carbocycles. The average Bonchev–Trinajstić information content (AvgIpc) is 2.64. The zero-order chi connectivity index (χ0) is 19.4. The predicted octanol–water partition coefficient (Wildman–Crippen LogP) is 6.29. The normalized spacial score (nSPS) is 10.7. The molecule has 0 aliphatic heterocycles. The number of benzene rings is 2. The number of halogens is 3. The van der Waals surface area contributed by atoms with Gasteiger partial charge in [0.15, 0.2) is 10.9 Å². The monoisotopic (exact) mass is 437 g/mol. The molecule has 0 radical (unpaired) electrons. The van der Waals surface area contributed by atoms with Crippen LogP contribution in [0.5, 0.6) is 0 Å². The van der Waals surface area contributed by atoms with E-state index in [0.717, 1.165) is 0 Å². The number of aryl methyl sites for hydroxylation is 1. The Balaban J connectivity index is 1.76. The highest BCUT2D eigenvalue weighted by Crippen LogP contribution is 2.27. The summed E-state index contributed by atoms with van der Waals surface area (Å²) < 4.78 is 0. The number of carbonyl (C=O) groups excluding carboxylic acids is 1. The highest BCUT2D eigenvalue weighted by molar-refractivity contribution is 7.98. The molecule has 138 valence electrons. The number of anilines is 1. The van der Waals surface area contributed by atoms with Crippen LogP contribution in [0.25, 0.3) is 0 Å². The maximum absolute atomic E-state index is 12.6. The second-order valence-corrected chi connectivity index (χ2v) is 7.84. The van der Waals surface area contributed by atoms with E-state index < -0.39 is 5.91 Å². The SMILES string of the molecule is Cc1ccccc1CSc1ncc(Cl)c(C(=O)Nc2ccc(Cl)cc2Cl)n1. The van der Waals surface area contributed by atoms with Gasteiger partial charge in [0.25, 0.3) is 5.91 Å². The molecule has 3 rings (SSSR count). The van der Waals surface area contributed by atoms with Crippen molar-refractivity contribution in [1.82, 2.24) is 9.97 Å². The number of rotatable bonds is 5. The standard InChI is InChI=1S/C19H14Cl3N3OS/c1-11-4-2-3-5-12(11)10-27-19-23-9-15(22)17(25-19)18(26)24-16-7-6-13(20)8-14(16)21/h2-9H,10H2,1H3,(H,24,26). The third-order valence-corrected chi connectivity index (χ3v) is 5.47. The molecule has 1 amide bonds. The molecule has 0 saturated heterocycles. The van der Waals surface area contributed by atoms with Crippen molar-refractivity contribution in [3.63, 3.8) is 0 Å². The van der Waals surface area contributed by atoms with E-state index in [1.165, 1.54) is 29.1 Å². The summed E-state index contributed by atoms with van der Waals surface area (Å²) in [5.41, 5.74) is 2.88. The molecular weight excluding hydrogens is 425 g/mol. The Bertz CT molecular complexity index is 998. The van der Waals surface area contributed by atoms with E-state index in [2.05, 4.69) is 21.4 Å². The fourth-order valence-electron chi connectivity index (χ4n) is 2.27. The van der Waals surface area contributed by atoms with Crippen LogP contribution in [-0.4, -0.2) is 15.9 Å². The van der Waals surface area contributed by atoms with Gasteiger partial charge in [0, 0.05) is 10.8 Å². The van der Waals surface area contributed by atoms with E-state index in [-0.39, 0.29) is 10.7 Å². The first-order valence-electron chi connectivity index (χ1n) is 7.90. The molecule has 0 unspecified atom stereocenters. The topological polar surface area (TPSA) is 54.9 Å². The highest BCUT2D eigenvalue weighted by atomic mass is 35.5. The Morgan fingerprint density at radius 1 is 1.11 bits per heavy atom. The Labute approximate surface area is 176 Å². The zero-order valence-corrected chi connectivity index (χ0v) is 17.3. The lowest BCUT2D eigenvalue weighted by molar-refractivity contribution is 0.102. The van der Waals surface area contributed by atoms with Gasteiger partial charge in [-0.15, -0.1) is 0 Å². The van der Waals surface area contributed by atoms with Gasteiger partial charge >= 0.3 is 0 Å². The fourth-order valence-corrected chi connectivity index (χ4v) is 3.79. The number of hydrogen-bond donors (Lipinski definition) is 1. The fraction of sp³-hybridized carbons (Fsp3) is 0.105. The van der Waals surface area contributed by atoms with E-state index in [0.29, 0.717) is 26.6 Å². The Morgan fingerprint density at radius 2 is 1.89 bits per heavy atom.